The summed E-state index contributed by atoms with van der Waals surface area (Å²) in [4.78, 5) is 0. The van der Waals surface area contributed by atoms with Crippen molar-refractivity contribution in [3.8, 4) is 11.5 Å². The third-order valence-corrected chi connectivity index (χ3v) is 3.81. The second-order valence-corrected chi connectivity index (χ2v) is 4.85. The molecule has 1 aromatic rings. The van der Waals surface area contributed by atoms with Crippen LogP contribution in [0, 0.1) is 5.92 Å². The molecule has 1 atom stereocenters. The zero-order valence-corrected chi connectivity index (χ0v) is 11.9. The molecule has 2 rings (SSSR count). The summed E-state index contributed by atoms with van der Waals surface area (Å²) in [5, 5.41) is 3.38. The average Bonchev–Trinajstić information content (AvgIpc) is 2.49. The minimum absolute atomic E-state index is 0.0622. The molecule has 106 valence electrons. The molecule has 1 N–H and O–H groups in total. The van der Waals surface area contributed by atoms with Gasteiger partial charge in [-0.2, -0.15) is 0 Å². The molecule has 1 aliphatic heterocycles. The molecule has 1 fully saturated rings. The number of benzene rings is 1. The molecule has 4 nitrogen and oxygen atoms in total. The molecule has 0 aromatic heterocycles. The first-order valence-corrected chi connectivity index (χ1v) is 6.75. The molecule has 0 bridgehead atoms. The van der Waals surface area contributed by atoms with E-state index in [-0.39, 0.29) is 6.10 Å². The van der Waals surface area contributed by atoms with Crippen molar-refractivity contribution in [1.82, 2.24) is 5.32 Å². The molecule has 1 aromatic carbocycles. The lowest BCUT2D eigenvalue weighted by Gasteiger charge is -2.31. The third-order valence-electron chi connectivity index (χ3n) is 3.81. The van der Waals surface area contributed by atoms with Crippen molar-refractivity contribution < 1.29 is 14.2 Å². The summed E-state index contributed by atoms with van der Waals surface area (Å²) in [6, 6.07) is 5.88. The molecule has 0 amide bonds. The van der Waals surface area contributed by atoms with Crippen molar-refractivity contribution >= 4 is 0 Å². The van der Waals surface area contributed by atoms with E-state index in [9.17, 15) is 0 Å². The summed E-state index contributed by atoms with van der Waals surface area (Å²) in [5.74, 6) is 2.23. The zero-order valence-electron chi connectivity index (χ0n) is 11.9. The van der Waals surface area contributed by atoms with Crippen LogP contribution in [0.1, 0.15) is 24.5 Å². The lowest BCUT2D eigenvalue weighted by molar-refractivity contribution is 0.0364. The first-order valence-electron chi connectivity index (χ1n) is 6.75. The predicted octanol–water partition coefficient (Wildman–Crippen LogP) is 2.39. The Labute approximate surface area is 115 Å². The van der Waals surface area contributed by atoms with Gasteiger partial charge in [0.15, 0.2) is 0 Å². The van der Waals surface area contributed by atoms with Crippen molar-refractivity contribution in [2.75, 3.05) is 34.4 Å². The highest BCUT2D eigenvalue weighted by atomic mass is 16.5. The van der Waals surface area contributed by atoms with Gasteiger partial charge in [0, 0.05) is 12.7 Å². The molecule has 0 aliphatic carbocycles. The van der Waals surface area contributed by atoms with Gasteiger partial charge in [-0.1, -0.05) is 0 Å². The number of piperidine rings is 1. The SMILES string of the molecule is COc1ccc(OC)c(C(OC)C2CCNCC2)c1. The van der Waals surface area contributed by atoms with E-state index < -0.39 is 0 Å². The van der Waals surface area contributed by atoms with Crippen molar-refractivity contribution in [2.24, 2.45) is 5.92 Å². The molecule has 1 heterocycles. The Morgan fingerprint density at radius 1 is 1.11 bits per heavy atom. The van der Waals surface area contributed by atoms with Gasteiger partial charge < -0.3 is 19.5 Å². The average molecular weight is 265 g/mol. The van der Waals surface area contributed by atoms with E-state index in [1.807, 2.05) is 18.2 Å². The Bertz CT molecular complexity index is 402. The molecule has 1 aliphatic rings. The first-order chi connectivity index (χ1) is 9.30. The third kappa shape index (κ3) is 3.19. The van der Waals surface area contributed by atoms with E-state index in [0.717, 1.165) is 43.0 Å². The van der Waals surface area contributed by atoms with Crippen LogP contribution in [0.4, 0.5) is 0 Å². The summed E-state index contributed by atoms with van der Waals surface area (Å²) in [6.07, 6.45) is 2.31. The Morgan fingerprint density at radius 3 is 2.42 bits per heavy atom. The molecule has 4 heteroatoms. The highest BCUT2D eigenvalue weighted by molar-refractivity contribution is 5.42. The number of hydrogen-bond donors (Lipinski definition) is 1. The highest BCUT2D eigenvalue weighted by Gasteiger charge is 2.27. The van der Waals surface area contributed by atoms with Gasteiger partial charge in [-0.05, 0) is 50.0 Å². The van der Waals surface area contributed by atoms with Crippen LogP contribution in [0.5, 0.6) is 11.5 Å². The van der Waals surface area contributed by atoms with E-state index in [0.29, 0.717) is 5.92 Å². The topological polar surface area (TPSA) is 39.7 Å². The zero-order chi connectivity index (χ0) is 13.7. The smallest absolute Gasteiger partial charge is 0.124 e. The maximum Gasteiger partial charge on any atom is 0.124 e. The van der Waals surface area contributed by atoms with Gasteiger partial charge in [-0.15, -0.1) is 0 Å². The summed E-state index contributed by atoms with van der Waals surface area (Å²) >= 11 is 0. The van der Waals surface area contributed by atoms with Crippen LogP contribution >= 0.6 is 0 Å². The Kier molecular flexibility index (Phi) is 5.05. The van der Waals surface area contributed by atoms with E-state index in [1.54, 1.807) is 21.3 Å². The maximum absolute atomic E-state index is 5.75. The van der Waals surface area contributed by atoms with E-state index in [1.165, 1.54) is 0 Å². The van der Waals surface area contributed by atoms with Crippen molar-refractivity contribution in [2.45, 2.75) is 18.9 Å². The van der Waals surface area contributed by atoms with Gasteiger partial charge in [0.2, 0.25) is 0 Å². The predicted molar refractivity (Wildman–Crippen MR) is 74.9 cm³/mol. The summed E-state index contributed by atoms with van der Waals surface area (Å²) in [5.41, 5.74) is 1.08. The van der Waals surface area contributed by atoms with Crippen molar-refractivity contribution in [3.63, 3.8) is 0 Å². The fraction of sp³-hybridized carbons (Fsp3) is 0.600. The Balaban J connectivity index is 2.29. The van der Waals surface area contributed by atoms with E-state index in [4.69, 9.17) is 14.2 Å². The fourth-order valence-electron chi connectivity index (χ4n) is 2.78. The molecule has 1 unspecified atom stereocenters. The van der Waals surface area contributed by atoms with Crippen LogP contribution in [0.2, 0.25) is 0 Å². The number of ether oxygens (including phenoxy) is 3. The van der Waals surface area contributed by atoms with Gasteiger partial charge in [0.1, 0.15) is 11.5 Å². The minimum atomic E-state index is 0.0622. The molecule has 0 spiro atoms. The molecule has 0 saturated carbocycles. The largest absolute Gasteiger partial charge is 0.497 e. The van der Waals surface area contributed by atoms with Gasteiger partial charge in [0.25, 0.3) is 0 Å². The lowest BCUT2D eigenvalue weighted by atomic mass is 9.87. The highest BCUT2D eigenvalue weighted by Crippen LogP contribution is 2.38. The normalized spacial score (nSPS) is 18.1. The quantitative estimate of drug-likeness (QED) is 0.887. The van der Waals surface area contributed by atoms with Crippen molar-refractivity contribution in [1.29, 1.82) is 0 Å². The van der Waals surface area contributed by atoms with Crippen LogP contribution in [0.3, 0.4) is 0 Å². The number of rotatable bonds is 5. The Morgan fingerprint density at radius 2 is 1.84 bits per heavy atom. The summed E-state index contributed by atoms with van der Waals surface area (Å²) < 4.78 is 16.5. The number of methoxy groups -OCH3 is 3. The minimum Gasteiger partial charge on any atom is -0.497 e. The van der Waals surface area contributed by atoms with Gasteiger partial charge >= 0.3 is 0 Å². The molecular weight excluding hydrogens is 242 g/mol. The molecule has 19 heavy (non-hydrogen) atoms. The lowest BCUT2D eigenvalue weighted by Crippen LogP contribution is -2.31. The van der Waals surface area contributed by atoms with Gasteiger partial charge in [0.05, 0.1) is 20.3 Å². The number of hydrogen-bond acceptors (Lipinski definition) is 4. The Hall–Kier alpha value is -1.26. The summed E-state index contributed by atoms with van der Waals surface area (Å²) in [6.45, 7) is 2.10. The van der Waals surface area contributed by atoms with Crippen molar-refractivity contribution in [3.05, 3.63) is 23.8 Å². The number of nitrogens with one attached hydrogen (secondary N) is 1. The van der Waals surface area contributed by atoms with Crippen LogP contribution in [-0.4, -0.2) is 34.4 Å². The second kappa shape index (κ2) is 6.78. The maximum atomic E-state index is 5.75. The van der Waals surface area contributed by atoms with E-state index >= 15 is 0 Å². The van der Waals surface area contributed by atoms with Crippen LogP contribution in [-0.2, 0) is 4.74 Å². The summed E-state index contributed by atoms with van der Waals surface area (Å²) in [7, 11) is 5.14. The van der Waals surface area contributed by atoms with Crippen LogP contribution in [0.15, 0.2) is 18.2 Å². The molecular formula is C15H23NO3. The van der Waals surface area contributed by atoms with Gasteiger partial charge in [-0.25, -0.2) is 0 Å². The first kappa shape index (κ1) is 14.2. The van der Waals surface area contributed by atoms with Crippen LogP contribution in [0.25, 0.3) is 0 Å². The standard InChI is InChI=1S/C15H23NO3/c1-17-12-4-5-14(18-2)13(10-12)15(19-3)11-6-8-16-9-7-11/h4-5,10-11,15-16H,6-9H2,1-3H3. The molecule has 0 radical (unpaired) electrons. The van der Waals surface area contributed by atoms with E-state index in [2.05, 4.69) is 5.32 Å². The second-order valence-electron chi connectivity index (χ2n) is 4.85. The molecule has 1 saturated heterocycles. The monoisotopic (exact) mass is 265 g/mol. The van der Waals surface area contributed by atoms with Gasteiger partial charge in [-0.3, -0.25) is 0 Å². The fourth-order valence-corrected chi connectivity index (χ4v) is 2.78. The van der Waals surface area contributed by atoms with Crippen LogP contribution < -0.4 is 14.8 Å².